The highest BCUT2D eigenvalue weighted by Gasteiger charge is 2.34. The van der Waals surface area contributed by atoms with Crippen LogP contribution < -0.4 is 9.46 Å². The van der Waals surface area contributed by atoms with Gasteiger partial charge in [0.15, 0.2) is 0 Å². The van der Waals surface area contributed by atoms with E-state index in [9.17, 15) is 30.4 Å². The summed E-state index contributed by atoms with van der Waals surface area (Å²) in [6.07, 6.45) is -4.82. The Hall–Kier alpha value is -2.07. The molecule has 0 aliphatic heterocycles. The van der Waals surface area contributed by atoms with Crippen LogP contribution in [0.2, 0.25) is 5.02 Å². The summed E-state index contributed by atoms with van der Waals surface area (Å²) >= 11 is 5.44. The Morgan fingerprint density at radius 3 is 2.16 bits per heavy atom. The quantitative estimate of drug-likeness (QED) is 0.735. The second kappa shape index (κ2) is 7.04. The first-order valence-electron chi connectivity index (χ1n) is 6.43. The number of alkyl halides is 5. The van der Waals surface area contributed by atoms with Gasteiger partial charge in [-0.05, 0) is 42.5 Å². The summed E-state index contributed by atoms with van der Waals surface area (Å²) < 4.78 is 93.0. The number of hydrogen-bond donors (Lipinski definition) is 1. The predicted octanol–water partition coefficient (Wildman–Crippen LogP) is 4.76. The van der Waals surface area contributed by atoms with Gasteiger partial charge in [0.1, 0.15) is 5.75 Å². The molecule has 0 radical (unpaired) electrons. The van der Waals surface area contributed by atoms with Crippen molar-refractivity contribution in [3.05, 3.63) is 53.1 Å². The molecule has 0 saturated carbocycles. The molecular formula is C14H9ClF5NO3S. The number of halogens is 6. The molecule has 0 amide bonds. The number of benzene rings is 2. The molecule has 0 unspecified atom stereocenters. The molecule has 0 heterocycles. The fourth-order valence-corrected chi connectivity index (χ4v) is 3.12. The van der Waals surface area contributed by atoms with Gasteiger partial charge in [-0.3, -0.25) is 4.72 Å². The molecule has 4 nitrogen and oxygen atoms in total. The van der Waals surface area contributed by atoms with Crippen molar-refractivity contribution in [1.82, 2.24) is 0 Å². The first-order chi connectivity index (χ1) is 11.5. The molecule has 0 aliphatic carbocycles. The number of rotatable bonds is 5. The summed E-state index contributed by atoms with van der Waals surface area (Å²) in [6, 6.07) is 6.53. The minimum absolute atomic E-state index is 0.0508. The molecule has 0 bridgehead atoms. The Labute approximate surface area is 144 Å². The van der Waals surface area contributed by atoms with Crippen LogP contribution >= 0.6 is 11.6 Å². The predicted molar refractivity (Wildman–Crippen MR) is 80.3 cm³/mol. The molecule has 0 fully saturated rings. The van der Waals surface area contributed by atoms with E-state index < -0.39 is 38.3 Å². The zero-order valence-electron chi connectivity index (χ0n) is 12.0. The van der Waals surface area contributed by atoms with Crippen LogP contribution in [-0.2, 0) is 16.2 Å². The maximum absolute atomic E-state index is 12.8. The zero-order valence-corrected chi connectivity index (χ0v) is 13.6. The van der Waals surface area contributed by atoms with Crippen LogP contribution in [0.5, 0.6) is 5.75 Å². The van der Waals surface area contributed by atoms with E-state index in [2.05, 4.69) is 4.74 Å². The van der Waals surface area contributed by atoms with Crippen LogP contribution in [0.1, 0.15) is 5.56 Å². The summed E-state index contributed by atoms with van der Waals surface area (Å²) in [6.45, 7) is -3.04. The van der Waals surface area contributed by atoms with Crippen molar-refractivity contribution in [2.24, 2.45) is 0 Å². The molecule has 0 spiro atoms. The lowest BCUT2D eigenvalue weighted by molar-refractivity contribution is -0.137. The Bertz CT molecular complexity index is 854. The largest absolute Gasteiger partial charge is 0.435 e. The van der Waals surface area contributed by atoms with Gasteiger partial charge in [-0.1, -0.05) is 11.6 Å². The van der Waals surface area contributed by atoms with Crippen molar-refractivity contribution in [3.8, 4) is 5.75 Å². The average Bonchev–Trinajstić information content (AvgIpc) is 2.47. The van der Waals surface area contributed by atoms with Crippen LogP contribution in [0.15, 0.2) is 47.4 Å². The Morgan fingerprint density at radius 2 is 1.64 bits per heavy atom. The minimum atomic E-state index is -4.82. The van der Waals surface area contributed by atoms with Crippen molar-refractivity contribution in [2.45, 2.75) is 17.7 Å². The standard InChI is InChI=1S/C14H9ClF5NO3S/c15-12-6-5-10(7-11(12)14(18,19)20)25(22,23)21-8-1-3-9(4-2-8)24-13(16)17/h1-7,13,21H. The first-order valence-corrected chi connectivity index (χ1v) is 8.29. The summed E-state index contributed by atoms with van der Waals surface area (Å²) in [7, 11) is -4.35. The Morgan fingerprint density at radius 1 is 1.04 bits per heavy atom. The number of ether oxygens (including phenoxy) is 1. The Kier molecular flexibility index (Phi) is 5.43. The molecule has 0 aliphatic rings. The lowest BCUT2D eigenvalue weighted by atomic mass is 10.2. The summed E-state index contributed by atoms with van der Waals surface area (Å²) in [5.41, 5.74) is -1.34. The topological polar surface area (TPSA) is 55.4 Å². The van der Waals surface area contributed by atoms with E-state index in [1.807, 2.05) is 4.72 Å². The van der Waals surface area contributed by atoms with Crippen LogP contribution in [0.4, 0.5) is 27.6 Å². The fraction of sp³-hybridized carbons (Fsp3) is 0.143. The maximum atomic E-state index is 12.8. The van der Waals surface area contributed by atoms with E-state index in [1.165, 1.54) is 0 Å². The number of nitrogens with one attached hydrogen (secondary N) is 1. The van der Waals surface area contributed by atoms with Crippen LogP contribution in [-0.4, -0.2) is 15.0 Å². The number of sulfonamides is 1. The Balaban J connectivity index is 2.27. The van der Waals surface area contributed by atoms with Gasteiger partial charge in [-0.25, -0.2) is 8.42 Å². The molecular weight excluding hydrogens is 393 g/mol. The van der Waals surface area contributed by atoms with Gasteiger partial charge in [-0.15, -0.1) is 0 Å². The summed E-state index contributed by atoms with van der Waals surface area (Å²) in [5.74, 6) is -0.205. The highest BCUT2D eigenvalue weighted by molar-refractivity contribution is 7.92. The number of hydrogen-bond acceptors (Lipinski definition) is 3. The fourth-order valence-electron chi connectivity index (χ4n) is 1.81. The van der Waals surface area contributed by atoms with Gasteiger partial charge >= 0.3 is 12.8 Å². The van der Waals surface area contributed by atoms with Crippen molar-refractivity contribution in [2.75, 3.05) is 4.72 Å². The SMILES string of the molecule is O=S(=O)(Nc1ccc(OC(F)F)cc1)c1ccc(Cl)c(C(F)(F)F)c1. The third-order valence-electron chi connectivity index (χ3n) is 2.89. The number of anilines is 1. The molecule has 0 aromatic heterocycles. The lowest BCUT2D eigenvalue weighted by Crippen LogP contribution is -2.15. The van der Waals surface area contributed by atoms with Crippen molar-refractivity contribution < 1.29 is 35.1 Å². The molecule has 0 atom stereocenters. The molecule has 0 saturated heterocycles. The van der Waals surface area contributed by atoms with E-state index in [1.54, 1.807) is 0 Å². The highest BCUT2D eigenvalue weighted by Crippen LogP contribution is 2.36. The smallest absolute Gasteiger partial charge is 0.417 e. The molecule has 136 valence electrons. The van der Waals surface area contributed by atoms with Crippen LogP contribution in [0, 0.1) is 0 Å². The molecule has 2 aromatic rings. The molecule has 11 heteroatoms. The molecule has 2 aromatic carbocycles. The summed E-state index contributed by atoms with van der Waals surface area (Å²) in [4.78, 5) is -0.655. The maximum Gasteiger partial charge on any atom is 0.417 e. The van der Waals surface area contributed by atoms with Crippen LogP contribution in [0.25, 0.3) is 0 Å². The van der Waals surface area contributed by atoms with E-state index in [-0.39, 0.29) is 11.4 Å². The van der Waals surface area contributed by atoms with Gasteiger partial charge in [0.2, 0.25) is 0 Å². The van der Waals surface area contributed by atoms with Gasteiger partial charge < -0.3 is 4.74 Å². The third kappa shape index (κ3) is 4.95. The van der Waals surface area contributed by atoms with E-state index in [4.69, 9.17) is 11.6 Å². The van der Waals surface area contributed by atoms with Crippen molar-refractivity contribution in [1.29, 1.82) is 0 Å². The van der Waals surface area contributed by atoms with Gasteiger partial charge in [0, 0.05) is 5.69 Å². The lowest BCUT2D eigenvalue weighted by Gasteiger charge is -2.13. The zero-order chi connectivity index (χ0) is 18.8. The normalized spacial score (nSPS) is 12.3. The minimum Gasteiger partial charge on any atom is -0.435 e. The van der Waals surface area contributed by atoms with Gasteiger partial charge in [-0.2, -0.15) is 22.0 Å². The monoisotopic (exact) mass is 401 g/mol. The second-order valence-electron chi connectivity index (χ2n) is 4.65. The second-order valence-corrected chi connectivity index (χ2v) is 6.74. The van der Waals surface area contributed by atoms with Gasteiger partial charge in [0.05, 0.1) is 15.5 Å². The molecule has 2 rings (SSSR count). The van der Waals surface area contributed by atoms with Crippen molar-refractivity contribution >= 4 is 27.3 Å². The van der Waals surface area contributed by atoms with E-state index >= 15 is 0 Å². The van der Waals surface area contributed by atoms with Crippen molar-refractivity contribution in [3.63, 3.8) is 0 Å². The first kappa shape index (κ1) is 19.3. The van der Waals surface area contributed by atoms with E-state index in [0.29, 0.717) is 6.07 Å². The average molecular weight is 402 g/mol. The van der Waals surface area contributed by atoms with E-state index in [0.717, 1.165) is 36.4 Å². The molecule has 1 N–H and O–H groups in total. The van der Waals surface area contributed by atoms with Crippen LogP contribution in [0.3, 0.4) is 0 Å². The third-order valence-corrected chi connectivity index (χ3v) is 4.59. The van der Waals surface area contributed by atoms with Gasteiger partial charge in [0.25, 0.3) is 10.0 Å². The molecule has 25 heavy (non-hydrogen) atoms. The summed E-state index contributed by atoms with van der Waals surface area (Å²) in [5, 5.41) is -0.639. The highest BCUT2D eigenvalue weighted by atomic mass is 35.5.